The number of nitrogens with zero attached hydrogens (tertiary/aromatic N) is 1. The van der Waals surface area contributed by atoms with Crippen molar-refractivity contribution in [3.63, 3.8) is 0 Å². The lowest BCUT2D eigenvalue weighted by molar-refractivity contribution is -0.132. The van der Waals surface area contributed by atoms with E-state index in [2.05, 4.69) is 15.6 Å². The molecule has 0 saturated heterocycles. The highest BCUT2D eigenvalue weighted by molar-refractivity contribution is 5.79. The molecule has 102 valence electrons. The zero-order chi connectivity index (χ0) is 13.4. The Kier molecular flexibility index (Phi) is 5.54. The minimum Gasteiger partial charge on any atom is -0.469 e. The molecule has 0 bridgehead atoms. The molecule has 1 heterocycles. The fourth-order valence-electron chi connectivity index (χ4n) is 1.30. The third kappa shape index (κ3) is 6.17. The van der Waals surface area contributed by atoms with E-state index in [0.29, 0.717) is 18.9 Å². The first-order valence-electron chi connectivity index (χ1n) is 5.55. The van der Waals surface area contributed by atoms with Gasteiger partial charge in [0.1, 0.15) is 5.76 Å². The monoisotopic (exact) mass is 263 g/mol. The van der Waals surface area contributed by atoms with Crippen molar-refractivity contribution >= 4 is 5.96 Å². The second-order valence-corrected chi connectivity index (χ2v) is 3.62. The van der Waals surface area contributed by atoms with E-state index in [1.807, 2.05) is 6.07 Å². The summed E-state index contributed by atoms with van der Waals surface area (Å²) < 4.78 is 40.9. The van der Waals surface area contributed by atoms with Crippen LogP contribution in [0.1, 0.15) is 12.2 Å². The van der Waals surface area contributed by atoms with Crippen LogP contribution in [0.3, 0.4) is 0 Å². The Balaban J connectivity index is 2.18. The molecule has 1 aromatic rings. The quantitative estimate of drug-likeness (QED) is 0.630. The van der Waals surface area contributed by atoms with Crippen molar-refractivity contribution in [1.29, 1.82) is 0 Å². The second-order valence-electron chi connectivity index (χ2n) is 3.62. The number of furan rings is 1. The molecule has 2 N–H and O–H groups in total. The van der Waals surface area contributed by atoms with E-state index >= 15 is 0 Å². The third-order valence-electron chi connectivity index (χ3n) is 2.17. The number of guanidine groups is 1. The fourth-order valence-corrected chi connectivity index (χ4v) is 1.30. The van der Waals surface area contributed by atoms with E-state index in [1.54, 1.807) is 12.3 Å². The lowest BCUT2D eigenvalue weighted by atomic mass is 10.3. The van der Waals surface area contributed by atoms with E-state index in [-0.39, 0.29) is 6.54 Å². The zero-order valence-corrected chi connectivity index (χ0v) is 10.0. The van der Waals surface area contributed by atoms with E-state index in [1.165, 1.54) is 7.05 Å². The molecule has 0 unspecified atom stereocenters. The van der Waals surface area contributed by atoms with Crippen LogP contribution >= 0.6 is 0 Å². The largest absolute Gasteiger partial charge is 0.469 e. The number of rotatable bonds is 5. The Morgan fingerprint density at radius 3 is 2.61 bits per heavy atom. The van der Waals surface area contributed by atoms with E-state index in [4.69, 9.17) is 4.42 Å². The number of nitrogens with one attached hydrogen (secondary N) is 2. The highest BCUT2D eigenvalue weighted by Crippen LogP contribution is 2.17. The number of hydrogen-bond acceptors (Lipinski definition) is 2. The summed E-state index contributed by atoms with van der Waals surface area (Å²) in [5, 5.41) is 5.50. The van der Waals surface area contributed by atoms with Crippen molar-refractivity contribution in [3.05, 3.63) is 24.2 Å². The highest BCUT2D eigenvalue weighted by atomic mass is 19.4. The normalized spacial score (nSPS) is 12.6. The number of aliphatic imine (C=N–C) groups is 1. The number of halogens is 3. The lowest BCUT2D eigenvalue weighted by Crippen LogP contribution is -2.39. The van der Waals surface area contributed by atoms with Crippen molar-refractivity contribution < 1.29 is 17.6 Å². The first-order valence-corrected chi connectivity index (χ1v) is 5.55. The molecule has 0 aliphatic heterocycles. The minimum absolute atomic E-state index is 0.191. The summed E-state index contributed by atoms with van der Waals surface area (Å²) in [4.78, 5) is 3.82. The molecule has 1 aromatic heterocycles. The average molecular weight is 263 g/mol. The van der Waals surface area contributed by atoms with E-state index < -0.39 is 12.6 Å². The fraction of sp³-hybridized carbons (Fsp3) is 0.545. The summed E-state index contributed by atoms with van der Waals surface area (Å²) in [5.74, 6) is 1.17. The maximum atomic E-state index is 11.9. The van der Waals surface area contributed by atoms with Gasteiger partial charge in [0.05, 0.1) is 12.7 Å². The average Bonchev–Trinajstić information content (AvgIpc) is 2.78. The van der Waals surface area contributed by atoms with Crippen LogP contribution in [-0.2, 0) is 6.42 Å². The Morgan fingerprint density at radius 1 is 1.33 bits per heavy atom. The predicted octanol–water partition coefficient (Wildman–Crippen LogP) is 1.94. The molecule has 1 rings (SSSR count). The third-order valence-corrected chi connectivity index (χ3v) is 2.17. The van der Waals surface area contributed by atoms with Crippen LogP contribution in [0.15, 0.2) is 27.8 Å². The SMILES string of the molecule is CN=C(NCCc1ccco1)NCCC(F)(F)F. The van der Waals surface area contributed by atoms with Crippen molar-refractivity contribution in [2.75, 3.05) is 20.1 Å². The first-order chi connectivity index (χ1) is 8.51. The van der Waals surface area contributed by atoms with Crippen molar-refractivity contribution in [2.24, 2.45) is 4.99 Å². The van der Waals surface area contributed by atoms with Crippen molar-refractivity contribution in [3.8, 4) is 0 Å². The van der Waals surface area contributed by atoms with Crippen LogP contribution < -0.4 is 10.6 Å². The Hall–Kier alpha value is -1.66. The van der Waals surface area contributed by atoms with Gasteiger partial charge in [-0.1, -0.05) is 0 Å². The van der Waals surface area contributed by atoms with Crippen LogP contribution in [-0.4, -0.2) is 32.3 Å². The Bertz CT molecular complexity index is 360. The van der Waals surface area contributed by atoms with Crippen LogP contribution in [0.5, 0.6) is 0 Å². The highest BCUT2D eigenvalue weighted by Gasteiger charge is 2.26. The molecule has 0 aromatic carbocycles. The summed E-state index contributed by atoms with van der Waals surface area (Å²) in [6, 6.07) is 3.62. The molecule has 0 aliphatic rings. The summed E-state index contributed by atoms with van der Waals surface area (Å²) in [7, 11) is 1.51. The molecule has 4 nitrogen and oxygen atoms in total. The van der Waals surface area contributed by atoms with E-state index in [0.717, 1.165) is 5.76 Å². The molecule has 7 heteroatoms. The number of alkyl halides is 3. The van der Waals surface area contributed by atoms with Gasteiger partial charge in [-0.2, -0.15) is 13.2 Å². The summed E-state index contributed by atoms with van der Waals surface area (Å²) in [5.41, 5.74) is 0. The van der Waals surface area contributed by atoms with Crippen LogP contribution in [0.2, 0.25) is 0 Å². The minimum atomic E-state index is -4.15. The van der Waals surface area contributed by atoms with Gasteiger partial charge in [0, 0.05) is 26.6 Å². The van der Waals surface area contributed by atoms with Gasteiger partial charge < -0.3 is 15.1 Å². The summed E-state index contributed by atoms with van der Waals surface area (Å²) in [6.07, 6.45) is -2.81. The molecular weight excluding hydrogens is 247 g/mol. The Labute approximate surface area is 103 Å². The molecule has 0 amide bonds. The maximum absolute atomic E-state index is 11.9. The van der Waals surface area contributed by atoms with Gasteiger partial charge >= 0.3 is 6.18 Å². The second kappa shape index (κ2) is 6.93. The predicted molar refractivity (Wildman–Crippen MR) is 62.4 cm³/mol. The maximum Gasteiger partial charge on any atom is 0.390 e. The summed E-state index contributed by atoms with van der Waals surface area (Å²) >= 11 is 0. The standard InChI is InChI=1S/C11H16F3N3O/c1-15-10(17-7-5-11(12,13)14)16-6-4-9-3-2-8-18-9/h2-3,8H,4-7H2,1H3,(H2,15,16,17). The Morgan fingerprint density at radius 2 is 2.06 bits per heavy atom. The lowest BCUT2D eigenvalue weighted by Gasteiger charge is -2.12. The van der Waals surface area contributed by atoms with Gasteiger partial charge in [0.2, 0.25) is 0 Å². The van der Waals surface area contributed by atoms with Gasteiger partial charge in [0.25, 0.3) is 0 Å². The van der Waals surface area contributed by atoms with Crippen LogP contribution in [0, 0.1) is 0 Å². The van der Waals surface area contributed by atoms with Crippen LogP contribution in [0.4, 0.5) is 13.2 Å². The molecule has 0 fully saturated rings. The van der Waals surface area contributed by atoms with Gasteiger partial charge in [-0.15, -0.1) is 0 Å². The van der Waals surface area contributed by atoms with Gasteiger partial charge in [-0.3, -0.25) is 4.99 Å². The first kappa shape index (κ1) is 14.4. The zero-order valence-electron chi connectivity index (χ0n) is 10.0. The van der Waals surface area contributed by atoms with Gasteiger partial charge in [-0.25, -0.2) is 0 Å². The van der Waals surface area contributed by atoms with Crippen molar-refractivity contribution in [1.82, 2.24) is 10.6 Å². The summed E-state index contributed by atoms with van der Waals surface area (Å²) in [6.45, 7) is 0.350. The molecule has 18 heavy (non-hydrogen) atoms. The molecular formula is C11H16F3N3O. The van der Waals surface area contributed by atoms with Gasteiger partial charge in [0.15, 0.2) is 5.96 Å². The molecule has 0 spiro atoms. The smallest absolute Gasteiger partial charge is 0.390 e. The van der Waals surface area contributed by atoms with Crippen molar-refractivity contribution in [2.45, 2.75) is 19.0 Å². The van der Waals surface area contributed by atoms with Gasteiger partial charge in [-0.05, 0) is 12.1 Å². The van der Waals surface area contributed by atoms with Crippen LogP contribution in [0.25, 0.3) is 0 Å². The molecule has 0 saturated carbocycles. The number of hydrogen-bond donors (Lipinski definition) is 2. The molecule has 0 atom stereocenters. The topological polar surface area (TPSA) is 49.6 Å². The molecule has 0 aliphatic carbocycles. The molecule has 0 radical (unpaired) electrons. The van der Waals surface area contributed by atoms with E-state index in [9.17, 15) is 13.2 Å².